The van der Waals surface area contributed by atoms with Crippen molar-refractivity contribution in [2.75, 3.05) is 6.54 Å². The fourth-order valence-electron chi connectivity index (χ4n) is 2.46. The van der Waals surface area contributed by atoms with Gasteiger partial charge < -0.3 is 9.52 Å². The van der Waals surface area contributed by atoms with Crippen molar-refractivity contribution >= 4 is 31.9 Å². The first-order chi connectivity index (χ1) is 9.29. The van der Waals surface area contributed by atoms with Crippen molar-refractivity contribution in [1.82, 2.24) is 4.72 Å². The SMILES string of the molecule is CC1CCC(CNS(=O)(=O)c2cc(C(=O)O)oc2Br)C1. The van der Waals surface area contributed by atoms with Gasteiger partial charge in [-0.15, -0.1) is 0 Å². The fraction of sp³-hybridized carbons (Fsp3) is 0.583. The number of carboxylic acids is 1. The Morgan fingerprint density at radius 2 is 2.25 bits per heavy atom. The molecule has 1 fully saturated rings. The number of carboxylic acid groups (broad SMARTS) is 1. The lowest BCUT2D eigenvalue weighted by Gasteiger charge is -2.10. The minimum atomic E-state index is -3.76. The summed E-state index contributed by atoms with van der Waals surface area (Å²) in [5.74, 6) is -0.753. The predicted octanol–water partition coefficient (Wildman–Crippen LogP) is 2.45. The number of hydrogen-bond donors (Lipinski definition) is 2. The van der Waals surface area contributed by atoms with E-state index in [9.17, 15) is 13.2 Å². The van der Waals surface area contributed by atoms with Crippen molar-refractivity contribution in [3.63, 3.8) is 0 Å². The number of carbonyl (C=O) groups is 1. The van der Waals surface area contributed by atoms with Crippen LogP contribution in [0, 0.1) is 11.8 Å². The Hall–Kier alpha value is -0.860. The van der Waals surface area contributed by atoms with Gasteiger partial charge in [-0.1, -0.05) is 13.3 Å². The molecule has 0 spiro atoms. The number of furan rings is 1. The van der Waals surface area contributed by atoms with Crippen LogP contribution in [0.2, 0.25) is 0 Å². The summed E-state index contributed by atoms with van der Waals surface area (Å²) >= 11 is 2.94. The van der Waals surface area contributed by atoms with E-state index in [1.54, 1.807) is 0 Å². The lowest BCUT2D eigenvalue weighted by Crippen LogP contribution is -2.28. The first kappa shape index (κ1) is 15.5. The third-order valence-electron chi connectivity index (χ3n) is 3.52. The van der Waals surface area contributed by atoms with E-state index in [4.69, 9.17) is 9.52 Å². The third kappa shape index (κ3) is 3.42. The van der Waals surface area contributed by atoms with E-state index in [1.165, 1.54) is 0 Å². The highest BCUT2D eigenvalue weighted by molar-refractivity contribution is 9.10. The maximum atomic E-state index is 12.1. The zero-order chi connectivity index (χ0) is 14.9. The van der Waals surface area contributed by atoms with Gasteiger partial charge in [0.15, 0.2) is 4.67 Å². The fourth-order valence-corrected chi connectivity index (χ4v) is 4.51. The summed E-state index contributed by atoms with van der Waals surface area (Å²) in [5.41, 5.74) is 0. The minimum absolute atomic E-state index is 0.0952. The summed E-state index contributed by atoms with van der Waals surface area (Å²) in [6.45, 7) is 2.52. The second-order valence-electron chi connectivity index (χ2n) is 5.19. The average molecular weight is 366 g/mol. The third-order valence-corrected chi connectivity index (χ3v) is 5.80. The molecule has 1 heterocycles. The highest BCUT2D eigenvalue weighted by atomic mass is 79.9. The Labute approximate surface area is 125 Å². The Morgan fingerprint density at radius 1 is 1.55 bits per heavy atom. The second kappa shape index (κ2) is 5.87. The van der Waals surface area contributed by atoms with E-state index in [0.717, 1.165) is 25.3 Å². The van der Waals surface area contributed by atoms with Gasteiger partial charge in [0.2, 0.25) is 15.8 Å². The Morgan fingerprint density at radius 3 is 2.75 bits per heavy atom. The van der Waals surface area contributed by atoms with Crippen LogP contribution in [0.5, 0.6) is 0 Å². The van der Waals surface area contributed by atoms with Crippen LogP contribution >= 0.6 is 15.9 Å². The number of rotatable bonds is 5. The van der Waals surface area contributed by atoms with Gasteiger partial charge in [-0.3, -0.25) is 0 Å². The molecule has 2 rings (SSSR count). The molecule has 6 nitrogen and oxygen atoms in total. The molecule has 1 aliphatic carbocycles. The first-order valence-electron chi connectivity index (χ1n) is 6.32. The molecule has 1 aromatic heterocycles. The van der Waals surface area contributed by atoms with Gasteiger partial charge in [-0.25, -0.2) is 17.9 Å². The molecule has 0 bridgehead atoms. The quantitative estimate of drug-likeness (QED) is 0.835. The van der Waals surface area contributed by atoms with Gasteiger partial charge in [-0.05, 0) is 40.6 Å². The van der Waals surface area contributed by atoms with Gasteiger partial charge in [-0.2, -0.15) is 0 Å². The minimum Gasteiger partial charge on any atom is -0.475 e. The maximum Gasteiger partial charge on any atom is 0.371 e. The molecular weight excluding hydrogens is 350 g/mol. The zero-order valence-electron chi connectivity index (χ0n) is 10.9. The van der Waals surface area contributed by atoms with Crippen LogP contribution in [0.25, 0.3) is 0 Å². The van der Waals surface area contributed by atoms with E-state index in [1.807, 2.05) is 0 Å². The molecule has 1 saturated carbocycles. The van der Waals surface area contributed by atoms with Crippen LogP contribution < -0.4 is 4.72 Å². The highest BCUT2D eigenvalue weighted by Gasteiger charge is 2.27. The molecule has 0 radical (unpaired) electrons. The highest BCUT2D eigenvalue weighted by Crippen LogP contribution is 2.31. The van der Waals surface area contributed by atoms with E-state index < -0.39 is 21.8 Å². The van der Waals surface area contributed by atoms with Gasteiger partial charge in [0, 0.05) is 12.6 Å². The van der Waals surface area contributed by atoms with Crippen LogP contribution in [-0.2, 0) is 10.0 Å². The topological polar surface area (TPSA) is 96.6 Å². The Balaban J connectivity index is 2.08. The average Bonchev–Trinajstić information content (AvgIpc) is 2.93. The molecule has 0 amide bonds. The number of hydrogen-bond acceptors (Lipinski definition) is 4. The molecule has 8 heteroatoms. The van der Waals surface area contributed by atoms with Crippen LogP contribution in [-0.4, -0.2) is 26.0 Å². The van der Waals surface area contributed by atoms with Crippen LogP contribution in [0.15, 0.2) is 20.0 Å². The van der Waals surface area contributed by atoms with Gasteiger partial charge in [0.1, 0.15) is 4.90 Å². The summed E-state index contributed by atoms with van der Waals surface area (Å²) in [7, 11) is -3.76. The van der Waals surface area contributed by atoms with Crippen LogP contribution in [0.3, 0.4) is 0 Å². The Kier molecular flexibility index (Phi) is 4.55. The smallest absolute Gasteiger partial charge is 0.371 e. The van der Waals surface area contributed by atoms with Gasteiger partial charge in [0.25, 0.3) is 0 Å². The number of nitrogens with one attached hydrogen (secondary N) is 1. The lowest BCUT2D eigenvalue weighted by molar-refractivity contribution is 0.0661. The molecule has 20 heavy (non-hydrogen) atoms. The standard InChI is InChI=1S/C12H16BrNO5S/c1-7-2-3-8(4-7)6-14-20(17,18)10-5-9(12(15)16)19-11(10)13/h5,7-8,14H,2-4,6H2,1H3,(H,15,16). The molecule has 2 unspecified atom stereocenters. The van der Waals surface area contributed by atoms with Crippen LogP contribution in [0.4, 0.5) is 0 Å². The monoisotopic (exact) mass is 365 g/mol. The molecule has 2 atom stereocenters. The van der Waals surface area contributed by atoms with Crippen molar-refractivity contribution in [2.45, 2.75) is 31.1 Å². The zero-order valence-corrected chi connectivity index (χ0v) is 13.3. The number of halogens is 1. The van der Waals surface area contributed by atoms with E-state index in [-0.39, 0.29) is 9.56 Å². The molecule has 2 N–H and O–H groups in total. The largest absolute Gasteiger partial charge is 0.475 e. The van der Waals surface area contributed by atoms with E-state index in [2.05, 4.69) is 27.6 Å². The summed E-state index contributed by atoms with van der Waals surface area (Å²) in [6, 6.07) is 1.01. The van der Waals surface area contributed by atoms with Crippen LogP contribution in [0.1, 0.15) is 36.7 Å². The molecule has 1 aromatic rings. The van der Waals surface area contributed by atoms with Gasteiger partial charge >= 0.3 is 5.97 Å². The van der Waals surface area contributed by atoms with Crippen molar-refractivity contribution < 1.29 is 22.7 Å². The predicted molar refractivity (Wildman–Crippen MR) is 75.1 cm³/mol. The normalized spacial score (nSPS) is 23.1. The first-order valence-corrected chi connectivity index (χ1v) is 8.59. The number of aromatic carboxylic acids is 1. The molecule has 1 aliphatic rings. The van der Waals surface area contributed by atoms with E-state index in [0.29, 0.717) is 18.4 Å². The summed E-state index contributed by atoms with van der Waals surface area (Å²) in [4.78, 5) is 10.6. The summed E-state index contributed by atoms with van der Waals surface area (Å²) in [5, 5.41) is 8.79. The van der Waals surface area contributed by atoms with Crippen molar-refractivity contribution in [3.05, 3.63) is 16.5 Å². The number of sulfonamides is 1. The summed E-state index contributed by atoms with van der Waals surface area (Å²) in [6.07, 6.45) is 3.14. The molecule has 112 valence electrons. The van der Waals surface area contributed by atoms with Crippen molar-refractivity contribution in [3.8, 4) is 0 Å². The van der Waals surface area contributed by atoms with E-state index >= 15 is 0 Å². The van der Waals surface area contributed by atoms with Gasteiger partial charge in [0.05, 0.1) is 0 Å². The van der Waals surface area contributed by atoms with Crippen molar-refractivity contribution in [1.29, 1.82) is 0 Å². The molecule has 0 saturated heterocycles. The van der Waals surface area contributed by atoms with Crippen molar-refractivity contribution in [2.24, 2.45) is 11.8 Å². The lowest BCUT2D eigenvalue weighted by atomic mass is 10.1. The second-order valence-corrected chi connectivity index (χ2v) is 7.65. The molecule has 0 aliphatic heterocycles. The summed E-state index contributed by atoms with van der Waals surface area (Å²) < 4.78 is 31.5. The maximum absolute atomic E-state index is 12.1. The Bertz CT molecular complexity index is 609. The molecular formula is C12H16BrNO5S. The molecule has 0 aromatic carbocycles.